The monoisotopic (exact) mass is 411 g/mol. The van der Waals surface area contributed by atoms with E-state index in [0.29, 0.717) is 38.5 Å². The molecule has 2 bridgehead atoms. The normalized spacial score (nSPS) is 32.1. The van der Waals surface area contributed by atoms with Crippen LogP contribution in [-0.4, -0.2) is 39.7 Å². The summed E-state index contributed by atoms with van der Waals surface area (Å²) in [5.41, 5.74) is -1.15. The van der Waals surface area contributed by atoms with E-state index < -0.39 is 15.4 Å². The molecule has 150 valence electrons. The van der Waals surface area contributed by atoms with Crippen LogP contribution in [0.15, 0.2) is 17.5 Å². The number of hydrogen-bond acceptors (Lipinski definition) is 5. The number of nitrogens with one attached hydrogen (secondary N) is 1. The number of fused-ring (bicyclic) bond motifs is 2. The number of Topliss-reactive ketones (excluding diaryl/α,β-unsaturated/α-hetero) is 1. The van der Waals surface area contributed by atoms with Crippen LogP contribution in [0.3, 0.4) is 0 Å². The molecule has 2 aliphatic carbocycles. The van der Waals surface area contributed by atoms with Crippen LogP contribution in [0, 0.1) is 16.7 Å². The van der Waals surface area contributed by atoms with Gasteiger partial charge < -0.3 is 4.74 Å². The zero-order valence-corrected chi connectivity index (χ0v) is 17.8. The smallest absolute Gasteiger partial charge is 0.212 e. The fraction of sp³-hybridized carbons (Fsp3) is 0.750. The summed E-state index contributed by atoms with van der Waals surface area (Å²) >= 11 is 1.68. The molecule has 3 fully saturated rings. The maximum absolute atomic E-state index is 13.1. The van der Waals surface area contributed by atoms with E-state index >= 15 is 0 Å². The number of ether oxygens (including phenoxy) is 1. The molecule has 2 atom stereocenters. The van der Waals surface area contributed by atoms with Crippen molar-refractivity contribution in [1.29, 1.82) is 0 Å². The van der Waals surface area contributed by atoms with E-state index in [1.54, 1.807) is 11.3 Å². The standard InChI is InChI=1S/C20H29NO4S2/c1-18(2)15-5-6-20(18,16(22)12-15)14-27(23,24)21-13-19(7-9-25-10-8-19)17-4-3-11-26-17/h3-4,11,15,21H,5-10,12-14H2,1-2H3/t15-,20-/m1/s1. The molecule has 0 spiro atoms. The quantitative estimate of drug-likeness (QED) is 0.781. The second kappa shape index (κ2) is 6.65. The van der Waals surface area contributed by atoms with Crippen molar-refractivity contribution in [2.24, 2.45) is 16.7 Å². The van der Waals surface area contributed by atoms with Crippen molar-refractivity contribution < 1.29 is 17.9 Å². The van der Waals surface area contributed by atoms with Gasteiger partial charge in [0.25, 0.3) is 0 Å². The Morgan fingerprint density at radius 3 is 2.56 bits per heavy atom. The molecule has 0 aromatic carbocycles. The molecule has 7 heteroatoms. The van der Waals surface area contributed by atoms with Gasteiger partial charge in [-0.15, -0.1) is 11.3 Å². The molecule has 0 radical (unpaired) electrons. The Labute approximate surface area is 165 Å². The lowest BCUT2D eigenvalue weighted by Gasteiger charge is -2.38. The first-order chi connectivity index (χ1) is 12.7. The third-order valence-corrected chi connectivity index (χ3v) is 10.3. The van der Waals surface area contributed by atoms with Crippen molar-refractivity contribution in [1.82, 2.24) is 4.72 Å². The first-order valence-electron chi connectivity index (χ1n) is 9.83. The van der Waals surface area contributed by atoms with Gasteiger partial charge >= 0.3 is 0 Å². The largest absolute Gasteiger partial charge is 0.381 e. The minimum absolute atomic E-state index is 0.0701. The Morgan fingerprint density at radius 1 is 1.26 bits per heavy atom. The van der Waals surface area contributed by atoms with E-state index in [1.165, 1.54) is 4.88 Å². The Hall–Kier alpha value is -0.760. The average Bonchev–Trinajstić information content (AvgIpc) is 3.28. The summed E-state index contributed by atoms with van der Waals surface area (Å²) in [5, 5.41) is 2.04. The van der Waals surface area contributed by atoms with Gasteiger partial charge in [-0.25, -0.2) is 13.1 Å². The number of rotatable bonds is 6. The lowest BCUT2D eigenvalue weighted by Crippen LogP contribution is -2.49. The number of thiophene rings is 1. The summed E-state index contributed by atoms with van der Waals surface area (Å²) in [5.74, 6) is 0.403. The average molecular weight is 412 g/mol. The van der Waals surface area contributed by atoms with Gasteiger partial charge in [0.15, 0.2) is 0 Å². The van der Waals surface area contributed by atoms with E-state index in [2.05, 4.69) is 24.6 Å². The third kappa shape index (κ3) is 3.11. The molecule has 5 nitrogen and oxygen atoms in total. The van der Waals surface area contributed by atoms with Crippen LogP contribution in [0.5, 0.6) is 0 Å². The fourth-order valence-electron chi connectivity index (χ4n) is 5.58. The van der Waals surface area contributed by atoms with Crippen molar-refractivity contribution in [3.05, 3.63) is 22.4 Å². The number of carbonyl (C=O) groups is 1. The summed E-state index contributed by atoms with van der Waals surface area (Å²) < 4.78 is 34.5. The van der Waals surface area contributed by atoms with Crippen LogP contribution in [0.1, 0.15) is 50.8 Å². The predicted octanol–water partition coefficient (Wildman–Crippen LogP) is 3.11. The summed E-state index contributed by atoms with van der Waals surface area (Å²) in [6.45, 7) is 5.84. The molecular weight excluding hydrogens is 382 g/mol. The molecule has 1 aromatic rings. The van der Waals surface area contributed by atoms with Crippen molar-refractivity contribution in [3.63, 3.8) is 0 Å². The zero-order valence-electron chi connectivity index (χ0n) is 16.1. The minimum atomic E-state index is -3.55. The van der Waals surface area contributed by atoms with Crippen molar-refractivity contribution >= 4 is 27.1 Å². The van der Waals surface area contributed by atoms with Crippen LogP contribution in [0.2, 0.25) is 0 Å². The molecule has 1 saturated heterocycles. The van der Waals surface area contributed by atoms with Gasteiger partial charge in [0.05, 0.1) is 5.75 Å². The Bertz CT molecular complexity index is 809. The number of hydrogen-bond donors (Lipinski definition) is 1. The maximum atomic E-state index is 13.1. The van der Waals surface area contributed by atoms with E-state index in [9.17, 15) is 13.2 Å². The van der Waals surface area contributed by atoms with E-state index in [1.807, 2.05) is 11.4 Å². The van der Waals surface area contributed by atoms with Crippen LogP contribution in [0.4, 0.5) is 0 Å². The molecule has 4 rings (SSSR count). The Kier molecular flexibility index (Phi) is 4.81. The fourth-order valence-corrected chi connectivity index (χ4v) is 8.50. The molecule has 0 amide bonds. The highest BCUT2D eigenvalue weighted by Gasteiger charge is 2.65. The molecule has 1 aliphatic heterocycles. The molecule has 0 unspecified atom stereocenters. The van der Waals surface area contributed by atoms with Gasteiger partial charge in [-0.3, -0.25) is 4.79 Å². The highest BCUT2D eigenvalue weighted by Crippen LogP contribution is 2.64. The number of carbonyl (C=O) groups excluding carboxylic acids is 1. The number of ketones is 1. The SMILES string of the molecule is CC1(C)[C@@H]2CC[C@@]1(CS(=O)(=O)NCC1(c3cccs3)CCOCC1)C(=O)C2. The highest BCUT2D eigenvalue weighted by molar-refractivity contribution is 7.89. The van der Waals surface area contributed by atoms with Crippen molar-refractivity contribution in [2.45, 2.75) is 51.4 Å². The molecule has 1 aromatic heterocycles. The molecule has 27 heavy (non-hydrogen) atoms. The first-order valence-corrected chi connectivity index (χ1v) is 12.4. The van der Waals surface area contributed by atoms with E-state index in [0.717, 1.165) is 19.3 Å². The van der Waals surface area contributed by atoms with E-state index in [-0.39, 0.29) is 22.4 Å². The second-order valence-corrected chi connectivity index (χ2v) is 11.9. The number of sulfonamides is 1. The maximum Gasteiger partial charge on any atom is 0.212 e. The Morgan fingerprint density at radius 2 is 2.00 bits per heavy atom. The van der Waals surface area contributed by atoms with Crippen LogP contribution in [-0.2, 0) is 25.0 Å². The highest BCUT2D eigenvalue weighted by atomic mass is 32.2. The van der Waals surface area contributed by atoms with Gasteiger partial charge in [-0.1, -0.05) is 19.9 Å². The van der Waals surface area contributed by atoms with Gasteiger partial charge in [-0.05, 0) is 48.5 Å². The van der Waals surface area contributed by atoms with Gasteiger partial charge in [0.1, 0.15) is 5.78 Å². The topological polar surface area (TPSA) is 72.5 Å². The van der Waals surface area contributed by atoms with Gasteiger partial charge in [0.2, 0.25) is 10.0 Å². The summed E-state index contributed by atoms with van der Waals surface area (Å²) in [6.07, 6.45) is 3.83. The van der Waals surface area contributed by atoms with Crippen LogP contribution in [0.25, 0.3) is 0 Å². The molecule has 2 heterocycles. The predicted molar refractivity (Wildman–Crippen MR) is 106 cm³/mol. The third-order valence-electron chi connectivity index (χ3n) is 7.70. The van der Waals surface area contributed by atoms with Gasteiger partial charge in [-0.2, -0.15) is 0 Å². The minimum Gasteiger partial charge on any atom is -0.381 e. The summed E-state index contributed by atoms with van der Waals surface area (Å²) in [7, 11) is -3.55. The lowest BCUT2D eigenvalue weighted by atomic mass is 9.70. The molecular formula is C20H29NO4S2. The van der Waals surface area contributed by atoms with Crippen LogP contribution < -0.4 is 4.72 Å². The van der Waals surface area contributed by atoms with Crippen LogP contribution >= 0.6 is 11.3 Å². The van der Waals surface area contributed by atoms with Crippen molar-refractivity contribution in [3.8, 4) is 0 Å². The van der Waals surface area contributed by atoms with Gasteiger partial charge in [0, 0.05) is 41.9 Å². The van der Waals surface area contributed by atoms with Crippen molar-refractivity contribution in [2.75, 3.05) is 25.5 Å². The Balaban J connectivity index is 1.53. The summed E-state index contributed by atoms with van der Waals surface area (Å²) in [4.78, 5) is 13.9. The second-order valence-electron chi connectivity index (χ2n) is 9.12. The molecule has 1 N–H and O–H groups in total. The molecule has 2 saturated carbocycles. The summed E-state index contributed by atoms with van der Waals surface area (Å²) in [6, 6.07) is 4.11. The first kappa shape index (κ1) is 19.6. The zero-order chi connectivity index (χ0) is 19.3. The van der Waals surface area contributed by atoms with E-state index in [4.69, 9.17) is 4.74 Å². The molecule has 3 aliphatic rings. The lowest BCUT2D eigenvalue weighted by molar-refractivity contribution is -0.128.